The molecule has 0 aromatic heterocycles. The van der Waals surface area contributed by atoms with Crippen molar-refractivity contribution in [3.63, 3.8) is 0 Å². The number of hydrogen-bond acceptors (Lipinski definition) is 2. The number of rotatable bonds is 4. The Balaban J connectivity index is 2.20. The van der Waals surface area contributed by atoms with E-state index in [0.717, 1.165) is 15.1 Å². The Kier molecular flexibility index (Phi) is 4.89. The molecule has 4 heteroatoms. The lowest BCUT2D eigenvalue weighted by Gasteiger charge is -2.08. The van der Waals surface area contributed by atoms with Crippen LogP contribution in [-0.2, 0) is 5.75 Å². The van der Waals surface area contributed by atoms with Crippen molar-refractivity contribution in [1.29, 1.82) is 0 Å². The van der Waals surface area contributed by atoms with Gasteiger partial charge in [0.05, 0.1) is 5.56 Å². The van der Waals surface area contributed by atoms with Crippen LogP contribution in [0.25, 0.3) is 0 Å². The highest BCUT2D eigenvalue weighted by atomic mass is 79.9. The summed E-state index contributed by atoms with van der Waals surface area (Å²) < 4.78 is 0.783. The number of hydrogen-bond donors (Lipinski definition) is 1. The van der Waals surface area contributed by atoms with Gasteiger partial charge in [0.15, 0.2) is 0 Å². The van der Waals surface area contributed by atoms with E-state index < -0.39 is 5.97 Å². The third-order valence-electron chi connectivity index (χ3n) is 2.85. The number of aryl methyl sites for hydroxylation is 2. The van der Waals surface area contributed by atoms with Crippen molar-refractivity contribution < 1.29 is 9.90 Å². The molecule has 0 fully saturated rings. The van der Waals surface area contributed by atoms with Crippen LogP contribution in [0.2, 0.25) is 0 Å². The summed E-state index contributed by atoms with van der Waals surface area (Å²) in [5.74, 6) is -0.126. The number of carboxylic acids is 1. The first-order chi connectivity index (χ1) is 9.45. The topological polar surface area (TPSA) is 37.3 Å². The summed E-state index contributed by atoms with van der Waals surface area (Å²) in [4.78, 5) is 12.1. The molecule has 0 radical (unpaired) electrons. The Morgan fingerprint density at radius 1 is 1.15 bits per heavy atom. The fourth-order valence-corrected chi connectivity index (χ4v) is 3.42. The van der Waals surface area contributed by atoms with E-state index in [9.17, 15) is 9.90 Å². The average molecular weight is 351 g/mol. The monoisotopic (exact) mass is 350 g/mol. The Bertz CT molecular complexity index is 633. The van der Waals surface area contributed by atoms with Crippen molar-refractivity contribution in [2.24, 2.45) is 0 Å². The summed E-state index contributed by atoms with van der Waals surface area (Å²) in [6, 6.07) is 11.8. The minimum atomic E-state index is -0.894. The van der Waals surface area contributed by atoms with Crippen LogP contribution in [0.15, 0.2) is 45.8 Å². The second-order valence-electron chi connectivity index (χ2n) is 4.73. The van der Waals surface area contributed by atoms with Gasteiger partial charge in [-0.2, -0.15) is 0 Å². The number of halogens is 1. The largest absolute Gasteiger partial charge is 0.478 e. The first kappa shape index (κ1) is 15.1. The van der Waals surface area contributed by atoms with Crippen LogP contribution in [0.1, 0.15) is 27.0 Å². The van der Waals surface area contributed by atoms with E-state index in [1.807, 2.05) is 12.1 Å². The van der Waals surface area contributed by atoms with Crippen molar-refractivity contribution >= 4 is 33.7 Å². The Hall–Kier alpha value is -1.26. The van der Waals surface area contributed by atoms with E-state index in [0.29, 0.717) is 5.56 Å². The van der Waals surface area contributed by atoms with Crippen LogP contribution >= 0.6 is 27.7 Å². The van der Waals surface area contributed by atoms with Gasteiger partial charge in [0.25, 0.3) is 0 Å². The smallest absolute Gasteiger partial charge is 0.336 e. The number of aromatic carboxylic acids is 1. The van der Waals surface area contributed by atoms with E-state index in [1.54, 1.807) is 17.8 Å². The quantitative estimate of drug-likeness (QED) is 0.783. The normalized spacial score (nSPS) is 10.6. The first-order valence-corrected chi connectivity index (χ1v) is 7.96. The first-order valence-electron chi connectivity index (χ1n) is 6.18. The predicted octanol–water partition coefficient (Wildman–Crippen LogP) is 5.06. The van der Waals surface area contributed by atoms with Crippen LogP contribution in [0.4, 0.5) is 0 Å². The minimum absolute atomic E-state index is 0.341. The molecule has 0 saturated carbocycles. The highest BCUT2D eigenvalue weighted by molar-refractivity contribution is 9.10. The molecule has 1 N–H and O–H groups in total. The Morgan fingerprint density at radius 3 is 2.40 bits per heavy atom. The van der Waals surface area contributed by atoms with Crippen LogP contribution in [0, 0.1) is 13.8 Å². The fraction of sp³-hybridized carbons (Fsp3) is 0.188. The molecule has 104 valence electrons. The molecular formula is C16H15BrO2S. The zero-order valence-electron chi connectivity index (χ0n) is 11.3. The van der Waals surface area contributed by atoms with Gasteiger partial charge in [0.2, 0.25) is 0 Å². The number of benzene rings is 2. The maximum atomic E-state index is 11.3. The molecule has 0 atom stereocenters. The van der Waals surface area contributed by atoms with Crippen LogP contribution < -0.4 is 0 Å². The van der Waals surface area contributed by atoms with Crippen LogP contribution in [0.5, 0.6) is 0 Å². The molecule has 20 heavy (non-hydrogen) atoms. The average Bonchev–Trinajstić information content (AvgIpc) is 2.36. The van der Waals surface area contributed by atoms with Gasteiger partial charge in [-0.25, -0.2) is 4.79 Å². The van der Waals surface area contributed by atoms with Crippen molar-refractivity contribution in [3.8, 4) is 0 Å². The van der Waals surface area contributed by atoms with Crippen molar-refractivity contribution in [1.82, 2.24) is 0 Å². The Morgan fingerprint density at radius 2 is 1.80 bits per heavy atom. The SMILES string of the molecule is Cc1cc(C)cc(CSc2ccc(Br)cc2C(=O)O)c1. The molecule has 0 aliphatic rings. The number of thioether (sulfide) groups is 1. The molecular weight excluding hydrogens is 336 g/mol. The number of carbonyl (C=O) groups is 1. The second kappa shape index (κ2) is 6.46. The molecule has 0 amide bonds. The van der Waals surface area contributed by atoms with Crippen molar-refractivity contribution in [2.45, 2.75) is 24.5 Å². The highest BCUT2D eigenvalue weighted by Gasteiger charge is 2.11. The maximum absolute atomic E-state index is 11.3. The molecule has 0 aliphatic heterocycles. The summed E-state index contributed by atoms with van der Waals surface area (Å²) in [7, 11) is 0. The lowest BCUT2D eigenvalue weighted by Crippen LogP contribution is -1.99. The maximum Gasteiger partial charge on any atom is 0.336 e. The van der Waals surface area contributed by atoms with Crippen molar-refractivity contribution in [3.05, 3.63) is 63.1 Å². The lowest BCUT2D eigenvalue weighted by atomic mass is 10.1. The molecule has 2 nitrogen and oxygen atoms in total. The fourth-order valence-electron chi connectivity index (χ4n) is 2.11. The highest BCUT2D eigenvalue weighted by Crippen LogP contribution is 2.29. The summed E-state index contributed by atoms with van der Waals surface area (Å²) in [5.41, 5.74) is 4.02. The molecule has 2 aromatic carbocycles. The van der Waals surface area contributed by atoms with Gasteiger partial charge in [0, 0.05) is 15.1 Å². The molecule has 0 unspecified atom stereocenters. The van der Waals surface area contributed by atoms with E-state index in [1.165, 1.54) is 16.7 Å². The molecule has 2 aromatic rings. The summed E-state index contributed by atoms with van der Waals surface area (Å²) >= 11 is 4.86. The third kappa shape index (κ3) is 3.87. The molecule has 0 aliphatic carbocycles. The van der Waals surface area contributed by atoms with Gasteiger partial charge in [-0.3, -0.25) is 0 Å². The zero-order valence-corrected chi connectivity index (χ0v) is 13.7. The summed E-state index contributed by atoms with van der Waals surface area (Å²) in [5, 5.41) is 9.24. The molecule has 0 bridgehead atoms. The van der Waals surface area contributed by atoms with E-state index >= 15 is 0 Å². The van der Waals surface area contributed by atoms with Gasteiger partial charge >= 0.3 is 5.97 Å². The van der Waals surface area contributed by atoms with Gasteiger partial charge in [-0.15, -0.1) is 11.8 Å². The zero-order chi connectivity index (χ0) is 14.7. The number of carboxylic acid groups (broad SMARTS) is 1. The van der Waals surface area contributed by atoms with Crippen molar-refractivity contribution in [2.75, 3.05) is 0 Å². The standard InChI is InChI=1S/C16H15BrO2S/c1-10-5-11(2)7-12(6-10)9-20-15-4-3-13(17)8-14(15)16(18)19/h3-8H,9H2,1-2H3,(H,18,19). The van der Waals surface area contributed by atoms with Gasteiger partial charge in [-0.1, -0.05) is 45.3 Å². The van der Waals surface area contributed by atoms with Crippen LogP contribution in [0.3, 0.4) is 0 Å². The second-order valence-corrected chi connectivity index (χ2v) is 6.66. The van der Waals surface area contributed by atoms with Gasteiger partial charge in [0.1, 0.15) is 0 Å². The van der Waals surface area contributed by atoms with Crippen LogP contribution in [-0.4, -0.2) is 11.1 Å². The summed E-state index contributed by atoms with van der Waals surface area (Å²) in [6.07, 6.45) is 0. The third-order valence-corrected chi connectivity index (χ3v) is 4.49. The molecule has 0 saturated heterocycles. The van der Waals surface area contributed by atoms with E-state index in [4.69, 9.17) is 0 Å². The lowest BCUT2D eigenvalue weighted by molar-refractivity contribution is 0.0693. The van der Waals surface area contributed by atoms with E-state index in [-0.39, 0.29) is 0 Å². The van der Waals surface area contributed by atoms with E-state index in [2.05, 4.69) is 48.0 Å². The molecule has 0 spiro atoms. The molecule has 0 heterocycles. The molecule has 2 rings (SSSR count). The van der Waals surface area contributed by atoms with Gasteiger partial charge < -0.3 is 5.11 Å². The minimum Gasteiger partial charge on any atom is -0.478 e. The van der Waals surface area contributed by atoms with Gasteiger partial charge in [-0.05, 0) is 37.6 Å². The summed E-state index contributed by atoms with van der Waals surface area (Å²) in [6.45, 7) is 4.15. The predicted molar refractivity (Wildman–Crippen MR) is 86.6 cm³/mol. The Labute approximate surface area is 131 Å².